The Morgan fingerprint density at radius 2 is 2.29 bits per heavy atom. The molecule has 1 aliphatic heterocycles. The van der Waals surface area contributed by atoms with Gasteiger partial charge in [0.25, 0.3) is 0 Å². The highest BCUT2D eigenvalue weighted by Crippen LogP contribution is 2.34. The molecule has 3 heteroatoms. The van der Waals surface area contributed by atoms with Gasteiger partial charge in [0.15, 0.2) is 0 Å². The highest BCUT2D eigenvalue weighted by Gasteiger charge is 2.20. The Balaban J connectivity index is 2.20. The molecule has 1 aromatic carbocycles. The maximum Gasteiger partial charge on any atom is 0.128 e. The summed E-state index contributed by atoms with van der Waals surface area (Å²) in [5.74, 6) is 0.884. The predicted octanol–water partition coefficient (Wildman–Crippen LogP) is 2.47. The van der Waals surface area contributed by atoms with Crippen molar-refractivity contribution in [2.24, 2.45) is 0 Å². The van der Waals surface area contributed by atoms with Crippen LogP contribution in [0.4, 0.5) is 0 Å². The molecular formula is C14H20O3. The molecule has 3 nitrogen and oxygen atoms in total. The van der Waals surface area contributed by atoms with Crippen molar-refractivity contribution in [1.82, 2.24) is 0 Å². The van der Waals surface area contributed by atoms with E-state index in [9.17, 15) is 5.11 Å². The lowest BCUT2D eigenvalue weighted by Gasteiger charge is -2.23. The minimum absolute atomic E-state index is 0.0458. The van der Waals surface area contributed by atoms with E-state index in [1.54, 1.807) is 7.11 Å². The molecule has 1 heterocycles. The van der Waals surface area contributed by atoms with Gasteiger partial charge < -0.3 is 14.6 Å². The van der Waals surface area contributed by atoms with Crippen molar-refractivity contribution < 1.29 is 14.6 Å². The van der Waals surface area contributed by atoms with Gasteiger partial charge in [-0.25, -0.2) is 0 Å². The van der Waals surface area contributed by atoms with E-state index in [2.05, 4.69) is 6.07 Å². The summed E-state index contributed by atoms with van der Waals surface area (Å²) in [4.78, 5) is 0. The first-order valence-electron chi connectivity index (χ1n) is 6.18. The number of hydrogen-bond acceptors (Lipinski definition) is 3. The van der Waals surface area contributed by atoms with E-state index >= 15 is 0 Å². The summed E-state index contributed by atoms with van der Waals surface area (Å²) in [5.41, 5.74) is 2.10. The van der Waals surface area contributed by atoms with Crippen molar-refractivity contribution in [3.8, 4) is 5.75 Å². The van der Waals surface area contributed by atoms with Gasteiger partial charge in [0.2, 0.25) is 0 Å². The number of para-hydroxylation sites is 1. The number of fused-ring (bicyclic) bond motifs is 1. The molecule has 0 saturated carbocycles. The molecule has 1 aromatic rings. The van der Waals surface area contributed by atoms with Gasteiger partial charge in [-0.05, 0) is 25.3 Å². The minimum atomic E-state index is -0.516. The SMILES string of the molecule is COC(C)CC(O)c1cccc2c1OCCC2. The van der Waals surface area contributed by atoms with Crippen molar-refractivity contribution in [3.63, 3.8) is 0 Å². The Hall–Kier alpha value is -1.06. The van der Waals surface area contributed by atoms with Gasteiger partial charge in [-0.2, -0.15) is 0 Å². The van der Waals surface area contributed by atoms with Crippen LogP contribution in [0, 0.1) is 0 Å². The molecule has 0 saturated heterocycles. The summed E-state index contributed by atoms with van der Waals surface area (Å²) < 4.78 is 10.9. The third-order valence-corrected chi connectivity index (χ3v) is 3.28. The Labute approximate surface area is 102 Å². The van der Waals surface area contributed by atoms with Gasteiger partial charge >= 0.3 is 0 Å². The second kappa shape index (κ2) is 5.52. The van der Waals surface area contributed by atoms with Crippen LogP contribution in [0.3, 0.4) is 0 Å². The monoisotopic (exact) mass is 236 g/mol. The van der Waals surface area contributed by atoms with Crippen LogP contribution in [0.25, 0.3) is 0 Å². The molecule has 94 valence electrons. The lowest BCUT2D eigenvalue weighted by atomic mass is 9.97. The molecule has 2 unspecified atom stereocenters. The number of benzene rings is 1. The van der Waals surface area contributed by atoms with Gasteiger partial charge in [-0.3, -0.25) is 0 Å². The van der Waals surface area contributed by atoms with Crippen LogP contribution in [0.15, 0.2) is 18.2 Å². The minimum Gasteiger partial charge on any atom is -0.493 e. The maximum absolute atomic E-state index is 10.2. The maximum atomic E-state index is 10.2. The summed E-state index contributed by atoms with van der Waals surface area (Å²) >= 11 is 0. The van der Waals surface area contributed by atoms with E-state index in [0.29, 0.717) is 6.42 Å². The Morgan fingerprint density at radius 3 is 3.06 bits per heavy atom. The largest absolute Gasteiger partial charge is 0.493 e. The first-order chi connectivity index (χ1) is 8.22. The van der Waals surface area contributed by atoms with Gasteiger partial charge in [0.1, 0.15) is 5.75 Å². The molecule has 0 bridgehead atoms. The number of rotatable bonds is 4. The average Bonchev–Trinajstić information content (AvgIpc) is 2.37. The Morgan fingerprint density at radius 1 is 1.47 bits per heavy atom. The fourth-order valence-electron chi connectivity index (χ4n) is 2.21. The molecule has 2 atom stereocenters. The van der Waals surface area contributed by atoms with E-state index < -0.39 is 6.10 Å². The smallest absolute Gasteiger partial charge is 0.128 e. The van der Waals surface area contributed by atoms with Crippen LogP contribution in [-0.2, 0) is 11.2 Å². The first kappa shape index (κ1) is 12.4. The lowest BCUT2D eigenvalue weighted by Crippen LogP contribution is -2.15. The Kier molecular flexibility index (Phi) is 4.02. The van der Waals surface area contributed by atoms with Crippen LogP contribution in [-0.4, -0.2) is 24.9 Å². The second-order valence-electron chi connectivity index (χ2n) is 4.59. The molecule has 0 aliphatic carbocycles. The summed E-state index contributed by atoms with van der Waals surface area (Å²) in [7, 11) is 1.66. The topological polar surface area (TPSA) is 38.7 Å². The van der Waals surface area contributed by atoms with Crippen molar-refractivity contribution in [3.05, 3.63) is 29.3 Å². The summed E-state index contributed by atoms with van der Waals surface area (Å²) in [6, 6.07) is 6.01. The van der Waals surface area contributed by atoms with Crippen LogP contribution >= 0.6 is 0 Å². The summed E-state index contributed by atoms with van der Waals surface area (Å²) in [6.07, 6.45) is 2.22. The van der Waals surface area contributed by atoms with Crippen LogP contribution in [0.5, 0.6) is 5.75 Å². The average molecular weight is 236 g/mol. The van der Waals surface area contributed by atoms with Gasteiger partial charge in [0, 0.05) is 19.1 Å². The number of methoxy groups -OCH3 is 1. The first-order valence-corrected chi connectivity index (χ1v) is 6.18. The number of aliphatic hydroxyl groups excluding tert-OH is 1. The fourth-order valence-corrected chi connectivity index (χ4v) is 2.21. The zero-order chi connectivity index (χ0) is 12.3. The van der Waals surface area contributed by atoms with Crippen LogP contribution in [0.1, 0.15) is 37.0 Å². The third-order valence-electron chi connectivity index (χ3n) is 3.28. The quantitative estimate of drug-likeness (QED) is 0.872. The van der Waals surface area contributed by atoms with E-state index in [1.807, 2.05) is 19.1 Å². The highest BCUT2D eigenvalue weighted by atomic mass is 16.5. The van der Waals surface area contributed by atoms with E-state index in [4.69, 9.17) is 9.47 Å². The zero-order valence-electron chi connectivity index (χ0n) is 10.5. The van der Waals surface area contributed by atoms with Crippen LogP contribution < -0.4 is 4.74 Å². The zero-order valence-corrected chi connectivity index (χ0v) is 10.5. The number of hydrogen-bond donors (Lipinski definition) is 1. The van der Waals surface area contributed by atoms with Crippen molar-refractivity contribution in [2.75, 3.05) is 13.7 Å². The van der Waals surface area contributed by atoms with Crippen molar-refractivity contribution in [2.45, 2.75) is 38.4 Å². The fraction of sp³-hybridized carbons (Fsp3) is 0.571. The third kappa shape index (κ3) is 2.79. The van der Waals surface area contributed by atoms with Gasteiger partial charge in [-0.1, -0.05) is 18.2 Å². The molecule has 0 fully saturated rings. The molecule has 0 spiro atoms. The van der Waals surface area contributed by atoms with E-state index in [1.165, 1.54) is 5.56 Å². The molecule has 17 heavy (non-hydrogen) atoms. The molecule has 0 radical (unpaired) electrons. The molecule has 2 rings (SSSR count). The molecule has 0 amide bonds. The lowest BCUT2D eigenvalue weighted by molar-refractivity contribution is 0.0545. The van der Waals surface area contributed by atoms with Gasteiger partial charge in [-0.15, -0.1) is 0 Å². The van der Waals surface area contributed by atoms with E-state index in [-0.39, 0.29) is 6.10 Å². The summed E-state index contributed by atoms with van der Waals surface area (Å²) in [6.45, 7) is 2.70. The second-order valence-corrected chi connectivity index (χ2v) is 4.59. The van der Waals surface area contributed by atoms with Crippen molar-refractivity contribution in [1.29, 1.82) is 0 Å². The van der Waals surface area contributed by atoms with Crippen molar-refractivity contribution >= 4 is 0 Å². The normalized spacial score (nSPS) is 18.1. The molecular weight excluding hydrogens is 216 g/mol. The Bertz CT molecular complexity index is 376. The molecule has 1 aliphatic rings. The van der Waals surface area contributed by atoms with E-state index in [0.717, 1.165) is 30.8 Å². The number of aliphatic hydroxyl groups is 1. The summed E-state index contributed by atoms with van der Waals surface area (Å²) in [5, 5.41) is 10.2. The van der Waals surface area contributed by atoms with Crippen LogP contribution in [0.2, 0.25) is 0 Å². The molecule has 0 aromatic heterocycles. The number of ether oxygens (including phenoxy) is 2. The predicted molar refractivity (Wildman–Crippen MR) is 66.3 cm³/mol. The molecule has 1 N–H and O–H groups in total. The standard InChI is InChI=1S/C14H20O3/c1-10(16-2)9-13(15)12-7-3-5-11-6-4-8-17-14(11)12/h3,5,7,10,13,15H,4,6,8-9H2,1-2H3. The van der Waals surface area contributed by atoms with Gasteiger partial charge in [0.05, 0.1) is 18.8 Å². The number of aryl methyl sites for hydroxylation is 1. The highest BCUT2D eigenvalue weighted by molar-refractivity contribution is 5.43.